The Kier molecular flexibility index (Phi) is 4.58. The summed E-state index contributed by atoms with van der Waals surface area (Å²) in [7, 11) is 0. The summed E-state index contributed by atoms with van der Waals surface area (Å²) in [6.07, 6.45) is 0. The van der Waals surface area contributed by atoms with Crippen LogP contribution in [0.5, 0.6) is 0 Å². The van der Waals surface area contributed by atoms with E-state index in [9.17, 15) is 4.79 Å². The summed E-state index contributed by atoms with van der Waals surface area (Å²) in [6, 6.07) is 6.52. The third-order valence-corrected chi connectivity index (χ3v) is 3.19. The Hall–Kier alpha value is -1.36. The van der Waals surface area contributed by atoms with Crippen molar-refractivity contribution in [2.75, 3.05) is 6.61 Å². The minimum Gasteiger partial charge on any atom is -0.374 e. The molecule has 2 aromatic rings. The first kappa shape index (κ1) is 14.1. The summed E-state index contributed by atoms with van der Waals surface area (Å²) in [5.41, 5.74) is 1.04. The van der Waals surface area contributed by atoms with Crippen molar-refractivity contribution >= 4 is 23.2 Å². The number of ether oxygens (including phenoxy) is 1. The van der Waals surface area contributed by atoms with Crippen LogP contribution in [0.25, 0.3) is 11.3 Å². The number of nitrogens with zero attached hydrogens (tertiary/aromatic N) is 1. The van der Waals surface area contributed by atoms with Crippen molar-refractivity contribution in [1.82, 2.24) is 9.97 Å². The Morgan fingerprint density at radius 1 is 1.26 bits per heavy atom. The van der Waals surface area contributed by atoms with Crippen LogP contribution in [-0.2, 0) is 11.3 Å². The summed E-state index contributed by atoms with van der Waals surface area (Å²) >= 11 is 11.8. The third kappa shape index (κ3) is 3.56. The predicted molar refractivity (Wildman–Crippen MR) is 75.6 cm³/mol. The van der Waals surface area contributed by atoms with Crippen LogP contribution < -0.4 is 5.56 Å². The largest absolute Gasteiger partial charge is 0.374 e. The molecule has 1 heterocycles. The molecule has 0 amide bonds. The third-order valence-electron chi connectivity index (χ3n) is 2.45. The second-order valence-electron chi connectivity index (χ2n) is 3.84. The second kappa shape index (κ2) is 6.19. The first-order valence-electron chi connectivity index (χ1n) is 5.73. The molecule has 0 unspecified atom stereocenters. The molecular formula is C13H12Cl2N2O2. The monoisotopic (exact) mass is 298 g/mol. The van der Waals surface area contributed by atoms with Crippen molar-refractivity contribution < 1.29 is 4.74 Å². The highest BCUT2D eigenvalue weighted by Gasteiger charge is 2.06. The molecule has 6 heteroatoms. The molecule has 0 atom stereocenters. The van der Waals surface area contributed by atoms with Gasteiger partial charge in [0.25, 0.3) is 5.56 Å². The van der Waals surface area contributed by atoms with Crippen LogP contribution in [0.3, 0.4) is 0 Å². The first-order valence-corrected chi connectivity index (χ1v) is 6.49. The molecule has 0 spiro atoms. The molecule has 19 heavy (non-hydrogen) atoms. The Balaban J connectivity index is 2.40. The molecule has 100 valence electrons. The van der Waals surface area contributed by atoms with E-state index in [1.807, 2.05) is 6.92 Å². The van der Waals surface area contributed by atoms with E-state index in [1.165, 1.54) is 6.07 Å². The standard InChI is InChI=1S/C13H12Cl2N2O2/c1-2-19-7-12-16-11(6-13(18)17-12)8-3-4-9(14)10(15)5-8/h3-6H,2,7H2,1H3,(H,16,17,18). The molecular weight excluding hydrogens is 287 g/mol. The van der Waals surface area contributed by atoms with Crippen LogP contribution in [0.1, 0.15) is 12.7 Å². The molecule has 0 fully saturated rings. The van der Waals surface area contributed by atoms with Crippen molar-refractivity contribution in [3.63, 3.8) is 0 Å². The number of hydrogen-bond acceptors (Lipinski definition) is 3. The summed E-state index contributed by atoms with van der Waals surface area (Å²) in [5.74, 6) is 0.482. The maximum Gasteiger partial charge on any atom is 0.251 e. The van der Waals surface area contributed by atoms with E-state index in [2.05, 4.69) is 9.97 Å². The maximum absolute atomic E-state index is 11.6. The molecule has 0 saturated carbocycles. The van der Waals surface area contributed by atoms with Gasteiger partial charge in [0, 0.05) is 18.2 Å². The van der Waals surface area contributed by atoms with Gasteiger partial charge in [0.1, 0.15) is 12.4 Å². The molecule has 0 bridgehead atoms. The van der Waals surface area contributed by atoms with Gasteiger partial charge >= 0.3 is 0 Å². The van der Waals surface area contributed by atoms with E-state index in [1.54, 1.807) is 18.2 Å². The van der Waals surface area contributed by atoms with Gasteiger partial charge in [0.2, 0.25) is 0 Å². The molecule has 1 N–H and O–H groups in total. The molecule has 1 aromatic carbocycles. The van der Waals surface area contributed by atoms with Crippen molar-refractivity contribution in [3.8, 4) is 11.3 Å². The lowest BCUT2D eigenvalue weighted by Crippen LogP contribution is -2.12. The van der Waals surface area contributed by atoms with Crippen molar-refractivity contribution in [2.24, 2.45) is 0 Å². The highest BCUT2D eigenvalue weighted by molar-refractivity contribution is 6.42. The van der Waals surface area contributed by atoms with Crippen LogP contribution in [0.4, 0.5) is 0 Å². The van der Waals surface area contributed by atoms with Crippen molar-refractivity contribution in [3.05, 3.63) is 50.5 Å². The molecule has 4 nitrogen and oxygen atoms in total. The predicted octanol–water partition coefficient (Wildman–Crippen LogP) is 3.28. The maximum atomic E-state index is 11.6. The lowest BCUT2D eigenvalue weighted by atomic mass is 10.1. The summed E-state index contributed by atoms with van der Waals surface area (Å²) in [6.45, 7) is 2.70. The topological polar surface area (TPSA) is 55.0 Å². The fourth-order valence-electron chi connectivity index (χ4n) is 1.58. The van der Waals surface area contributed by atoms with Gasteiger partial charge in [-0.05, 0) is 19.1 Å². The number of aromatic amines is 1. The first-order chi connectivity index (χ1) is 9.10. The zero-order valence-electron chi connectivity index (χ0n) is 10.2. The number of nitrogens with one attached hydrogen (secondary N) is 1. The van der Waals surface area contributed by atoms with E-state index < -0.39 is 0 Å². The zero-order chi connectivity index (χ0) is 13.8. The smallest absolute Gasteiger partial charge is 0.251 e. The fourth-order valence-corrected chi connectivity index (χ4v) is 1.88. The van der Waals surface area contributed by atoms with Crippen LogP contribution in [0, 0.1) is 0 Å². The zero-order valence-corrected chi connectivity index (χ0v) is 11.8. The minimum atomic E-state index is -0.231. The Morgan fingerprint density at radius 3 is 2.74 bits per heavy atom. The lowest BCUT2D eigenvalue weighted by Gasteiger charge is -2.05. The van der Waals surface area contributed by atoms with E-state index >= 15 is 0 Å². The average Bonchev–Trinajstić information content (AvgIpc) is 2.39. The van der Waals surface area contributed by atoms with Gasteiger partial charge in [-0.3, -0.25) is 4.79 Å². The Bertz CT molecular complexity index is 641. The molecule has 1 aromatic heterocycles. The Labute approximate surface area is 120 Å². The van der Waals surface area contributed by atoms with Crippen molar-refractivity contribution in [1.29, 1.82) is 0 Å². The number of benzene rings is 1. The number of H-pyrrole nitrogens is 1. The molecule has 0 radical (unpaired) electrons. The van der Waals surface area contributed by atoms with Gasteiger partial charge in [0.15, 0.2) is 0 Å². The van der Waals surface area contributed by atoms with E-state index in [0.29, 0.717) is 28.2 Å². The van der Waals surface area contributed by atoms with Gasteiger partial charge in [-0.1, -0.05) is 29.3 Å². The van der Waals surface area contributed by atoms with Crippen LogP contribution in [0.2, 0.25) is 10.0 Å². The van der Waals surface area contributed by atoms with Crippen LogP contribution in [-0.4, -0.2) is 16.6 Å². The molecule has 0 aliphatic heterocycles. The highest BCUT2D eigenvalue weighted by atomic mass is 35.5. The van der Waals surface area contributed by atoms with Gasteiger partial charge < -0.3 is 9.72 Å². The molecule has 0 aliphatic carbocycles. The fraction of sp³-hybridized carbons (Fsp3) is 0.231. The number of rotatable bonds is 4. The highest BCUT2D eigenvalue weighted by Crippen LogP contribution is 2.27. The van der Waals surface area contributed by atoms with Gasteiger partial charge in [-0.2, -0.15) is 0 Å². The van der Waals surface area contributed by atoms with E-state index in [-0.39, 0.29) is 12.2 Å². The van der Waals surface area contributed by atoms with E-state index in [4.69, 9.17) is 27.9 Å². The van der Waals surface area contributed by atoms with Crippen LogP contribution >= 0.6 is 23.2 Å². The van der Waals surface area contributed by atoms with E-state index in [0.717, 1.165) is 5.56 Å². The lowest BCUT2D eigenvalue weighted by molar-refractivity contribution is 0.128. The number of hydrogen-bond donors (Lipinski definition) is 1. The van der Waals surface area contributed by atoms with Gasteiger partial charge in [-0.25, -0.2) is 4.98 Å². The molecule has 2 rings (SSSR count). The average molecular weight is 299 g/mol. The summed E-state index contributed by atoms with van der Waals surface area (Å²) in [4.78, 5) is 18.5. The summed E-state index contributed by atoms with van der Waals surface area (Å²) in [5, 5.41) is 0.886. The summed E-state index contributed by atoms with van der Waals surface area (Å²) < 4.78 is 5.23. The van der Waals surface area contributed by atoms with Gasteiger partial charge in [-0.15, -0.1) is 0 Å². The van der Waals surface area contributed by atoms with Crippen molar-refractivity contribution in [2.45, 2.75) is 13.5 Å². The Morgan fingerprint density at radius 2 is 2.05 bits per heavy atom. The SMILES string of the molecule is CCOCc1nc(-c2ccc(Cl)c(Cl)c2)cc(=O)[nH]1. The number of halogens is 2. The molecule has 0 saturated heterocycles. The van der Waals surface area contributed by atoms with Crippen LogP contribution in [0.15, 0.2) is 29.1 Å². The van der Waals surface area contributed by atoms with Gasteiger partial charge in [0.05, 0.1) is 15.7 Å². The normalized spacial score (nSPS) is 10.7. The molecule has 0 aliphatic rings. The minimum absolute atomic E-state index is 0.231. The quantitative estimate of drug-likeness (QED) is 0.942. The second-order valence-corrected chi connectivity index (χ2v) is 4.66. The number of aromatic nitrogens is 2.